The lowest BCUT2D eigenvalue weighted by Crippen LogP contribution is -2.12. The number of primary amides is 1. The number of nitrogens with zero attached hydrogens (tertiary/aromatic N) is 3. The van der Waals surface area contributed by atoms with Crippen molar-refractivity contribution in [1.29, 1.82) is 0 Å². The number of hydrogen-bond donors (Lipinski definition) is 2. The van der Waals surface area contributed by atoms with E-state index in [1.807, 2.05) is 30.3 Å². The van der Waals surface area contributed by atoms with E-state index < -0.39 is 5.91 Å². The topological polar surface area (TPSA) is 121 Å². The number of carbonyl (C=O) groups is 1. The molecule has 5 rings (SSSR count). The van der Waals surface area contributed by atoms with Crippen molar-refractivity contribution in [2.24, 2.45) is 5.73 Å². The number of anilines is 2. The molecule has 0 radical (unpaired) electrons. The maximum absolute atomic E-state index is 11.8. The van der Waals surface area contributed by atoms with Gasteiger partial charge in [0.2, 0.25) is 0 Å². The number of hydrogen-bond acceptors (Lipinski definition) is 9. The minimum Gasteiger partial charge on any atom is -0.496 e. The highest BCUT2D eigenvalue weighted by Crippen LogP contribution is 2.37. The zero-order valence-electron chi connectivity index (χ0n) is 19.2. The van der Waals surface area contributed by atoms with Crippen molar-refractivity contribution >= 4 is 49.3 Å². The van der Waals surface area contributed by atoms with Gasteiger partial charge >= 0.3 is 0 Å². The van der Waals surface area contributed by atoms with Gasteiger partial charge in [-0.05, 0) is 41.5 Å². The first-order valence-electron chi connectivity index (χ1n) is 10.5. The molecule has 0 fully saturated rings. The van der Waals surface area contributed by atoms with Crippen LogP contribution in [0, 0.1) is 0 Å². The third kappa shape index (κ3) is 4.15. The van der Waals surface area contributed by atoms with Gasteiger partial charge in [0.15, 0.2) is 16.6 Å². The summed E-state index contributed by atoms with van der Waals surface area (Å²) in [7, 11) is 4.67. The van der Waals surface area contributed by atoms with Gasteiger partial charge in [0, 0.05) is 11.5 Å². The molecule has 9 nitrogen and oxygen atoms in total. The second kappa shape index (κ2) is 9.07. The fraction of sp³-hybridized carbons (Fsp3) is 0.120. The molecule has 0 spiro atoms. The number of aromatic nitrogens is 3. The van der Waals surface area contributed by atoms with Crippen LogP contribution < -0.4 is 25.3 Å². The number of nitrogens with one attached hydrogen (secondary N) is 1. The van der Waals surface area contributed by atoms with E-state index in [1.165, 1.54) is 24.8 Å². The van der Waals surface area contributed by atoms with Crippen molar-refractivity contribution in [2.45, 2.75) is 0 Å². The minimum atomic E-state index is -0.541. The molecule has 0 saturated carbocycles. The van der Waals surface area contributed by atoms with Crippen LogP contribution in [0.4, 0.5) is 10.9 Å². The molecule has 2 aromatic heterocycles. The summed E-state index contributed by atoms with van der Waals surface area (Å²) in [6.45, 7) is 0. The standard InChI is InChI=1S/C25H21N5O4S/c1-32-19-7-5-13(8-16(19)23(26)31)14-4-6-17-22(9-14)35-25(29-17)30-24-15-10-20(33-2)21(34-3)11-18(15)27-12-28-24/h4-12H,1-3H3,(H2,26,31)(H,27,28,29,30). The van der Waals surface area contributed by atoms with Crippen molar-refractivity contribution in [3.8, 4) is 28.4 Å². The van der Waals surface area contributed by atoms with Gasteiger partial charge in [-0.15, -0.1) is 0 Å². The summed E-state index contributed by atoms with van der Waals surface area (Å²) in [4.78, 5) is 25.3. The summed E-state index contributed by atoms with van der Waals surface area (Å²) in [6, 6.07) is 14.9. The van der Waals surface area contributed by atoms with Crippen LogP contribution in [0.3, 0.4) is 0 Å². The lowest BCUT2D eigenvalue weighted by atomic mass is 10.0. The van der Waals surface area contributed by atoms with Crippen LogP contribution in [-0.2, 0) is 0 Å². The molecule has 0 saturated heterocycles. The molecule has 1 amide bonds. The Kier molecular flexibility index (Phi) is 5.79. The molecular weight excluding hydrogens is 466 g/mol. The van der Waals surface area contributed by atoms with E-state index in [-0.39, 0.29) is 0 Å². The predicted molar refractivity (Wildman–Crippen MR) is 136 cm³/mol. The maximum atomic E-state index is 11.8. The fourth-order valence-corrected chi connectivity index (χ4v) is 4.73. The van der Waals surface area contributed by atoms with Crippen LogP contribution in [0.5, 0.6) is 17.2 Å². The number of benzene rings is 3. The number of amides is 1. The summed E-state index contributed by atoms with van der Waals surface area (Å²) >= 11 is 1.49. The molecule has 2 heterocycles. The van der Waals surface area contributed by atoms with Gasteiger partial charge in [0.1, 0.15) is 17.9 Å². The quantitative estimate of drug-likeness (QED) is 0.337. The Labute approximate surface area is 204 Å². The van der Waals surface area contributed by atoms with E-state index in [0.29, 0.717) is 39.3 Å². The third-order valence-corrected chi connectivity index (χ3v) is 6.49. The first-order chi connectivity index (χ1) is 17.0. The zero-order chi connectivity index (χ0) is 24.5. The van der Waals surface area contributed by atoms with Crippen LogP contribution in [0.2, 0.25) is 0 Å². The second-order valence-electron chi connectivity index (χ2n) is 7.55. The van der Waals surface area contributed by atoms with Crippen LogP contribution in [0.25, 0.3) is 32.2 Å². The Balaban J connectivity index is 1.51. The van der Waals surface area contributed by atoms with Crippen LogP contribution in [0.15, 0.2) is 54.9 Å². The summed E-state index contributed by atoms with van der Waals surface area (Å²) in [5.41, 5.74) is 9.19. The average Bonchev–Trinajstić information content (AvgIpc) is 3.29. The summed E-state index contributed by atoms with van der Waals surface area (Å²) in [5, 5.41) is 4.77. The van der Waals surface area contributed by atoms with Crippen LogP contribution in [-0.4, -0.2) is 42.2 Å². The van der Waals surface area contributed by atoms with Gasteiger partial charge in [-0.25, -0.2) is 15.0 Å². The Hall–Kier alpha value is -4.44. The summed E-state index contributed by atoms with van der Waals surface area (Å²) in [6.07, 6.45) is 1.49. The highest BCUT2D eigenvalue weighted by atomic mass is 32.1. The first kappa shape index (κ1) is 22.4. The molecule has 0 bridgehead atoms. The molecule has 0 aliphatic carbocycles. The van der Waals surface area contributed by atoms with E-state index in [0.717, 1.165) is 26.7 Å². The molecule has 10 heteroatoms. The molecule has 176 valence electrons. The zero-order valence-corrected chi connectivity index (χ0v) is 20.0. The molecule has 3 aromatic carbocycles. The summed E-state index contributed by atoms with van der Waals surface area (Å²) in [5.74, 6) is 1.69. The lowest BCUT2D eigenvalue weighted by molar-refractivity contribution is 0.0997. The number of fused-ring (bicyclic) bond motifs is 2. The van der Waals surface area contributed by atoms with Crippen molar-refractivity contribution < 1.29 is 19.0 Å². The molecular formula is C25H21N5O4S. The van der Waals surface area contributed by atoms with E-state index in [4.69, 9.17) is 24.9 Å². The Morgan fingerprint density at radius 2 is 1.57 bits per heavy atom. The average molecular weight is 488 g/mol. The normalized spacial score (nSPS) is 10.9. The second-order valence-corrected chi connectivity index (χ2v) is 8.58. The van der Waals surface area contributed by atoms with Crippen LogP contribution in [0.1, 0.15) is 10.4 Å². The Bertz CT molecular complexity index is 1580. The largest absolute Gasteiger partial charge is 0.496 e. The number of ether oxygens (including phenoxy) is 3. The van der Waals surface area contributed by atoms with Gasteiger partial charge in [-0.3, -0.25) is 4.79 Å². The van der Waals surface area contributed by atoms with Crippen molar-refractivity contribution in [3.63, 3.8) is 0 Å². The highest BCUT2D eigenvalue weighted by molar-refractivity contribution is 7.22. The number of methoxy groups -OCH3 is 3. The van der Waals surface area contributed by atoms with E-state index >= 15 is 0 Å². The maximum Gasteiger partial charge on any atom is 0.252 e. The lowest BCUT2D eigenvalue weighted by Gasteiger charge is -2.10. The van der Waals surface area contributed by atoms with Gasteiger partial charge in [-0.1, -0.05) is 23.5 Å². The molecule has 35 heavy (non-hydrogen) atoms. The molecule has 0 aliphatic heterocycles. The van der Waals surface area contributed by atoms with E-state index in [2.05, 4.69) is 15.3 Å². The Morgan fingerprint density at radius 1 is 0.857 bits per heavy atom. The molecule has 0 atom stereocenters. The van der Waals surface area contributed by atoms with Gasteiger partial charge in [-0.2, -0.15) is 0 Å². The Morgan fingerprint density at radius 3 is 2.31 bits per heavy atom. The predicted octanol–water partition coefficient (Wildman–Crippen LogP) is 4.77. The van der Waals surface area contributed by atoms with Gasteiger partial charge < -0.3 is 25.3 Å². The summed E-state index contributed by atoms with van der Waals surface area (Å²) < 4.78 is 17.0. The number of nitrogens with two attached hydrogens (primary N) is 1. The molecule has 0 unspecified atom stereocenters. The molecule has 5 aromatic rings. The van der Waals surface area contributed by atoms with E-state index in [9.17, 15) is 4.79 Å². The van der Waals surface area contributed by atoms with Gasteiger partial charge in [0.25, 0.3) is 5.91 Å². The number of rotatable bonds is 7. The molecule has 0 aliphatic rings. The van der Waals surface area contributed by atoms with Crippen molar-refractivity contribution in [3.05, 3.63) is 60.4 Å². The van der Waals surface area contributed by atoms with E-state index in [1.54, 1.807) is 32.4 Å². The SMILES string of the molecule is COc1cc2ncnc(Nc3nc4ccc(-c5ccc(OC)c(C(N)=O)c5)cc4s3)c2cc1OC. The van der Waals surface area contributed by atoms with Gasteiger partial charge in [0.05, 0.1) is 42.6 Å². The fourth-order valence-electron chi connectivity index (χ4n) is 3.82. The monoisotopic (exact) mass is 487 g/mol. The first-order valence-corrected chi connectivity index (χ1v) is 11.3. The molecule has 3 N–H and O–H groups in total. The van der Waals surface area contributed by atoms with Crippen molar-refractivity contribution in [1.82, 2.24) is 15.0 Å². The number of thiazole rings is 1. The minimum absolute atomic E-state index is 0.333. The smallest absolute Gasteiger partial charge is 0.252 e. The van der Waals surface area contributed by atoms with Crippen LogP contribution >= 0.6 is 11.3 Å². The highest BCUT2D eigenvalue weighted by Gasteiger charge is 2.14. The third-order valence-electron chi connectivity index (χ3n) is 5.55. The van der Waals surface area contributed by atoms with Crippen molar-refractivity contribution in [2.75, 3.05) is 26.6 Å². The number of carbonyl (C=O) groups excluding carboxylic acids is 1.